The van der Waals surface area contributed by atoms with Crippen molar-refractivity contribution in [1.29, 1.82) is 0 Å². The van der Waals surface area contributed by atoms with Crippen molar-refractivity contribution in [1.82, 2.24) is 0 Å². The van der Waals surface area contributed by atoms with Gasteiger partial charge in [0.25, 0.3) is 0 Å². The summed E-state index contributed by atoms with van der Waals surface area (Å²) in [6.45, 7) is 0. The predicted octanol–water partition coefficient (Wildman–Crippen LogP) is 8.33. The minimum absolute atomic E-state index is 0.831. The van der Waals surface area contributed by atoms with Gasteiger partial charge in [-0.2, -0.15) is 0 Å². The van der Waals surface area contributed by atoms with E-state index in [4.69, 9.17) is 0 Å². The molecule has 0 aromatic heterocycles. The molecule has 0 heterocycles. The number of hydrogen-bond acceptors (Lipinski definition) is 1. The fourth-order valence-corrected chi connectivity index (χ4v) is 7.53. The van der Waals surface area contributed by atoms with Crippen LogP contribution in [-0.2, 0) is 4.57 Å². The van der Waals surface area contributed by atoms with Crippen LogP contribution in [0.3, 0.4) is 0 Å². The number of rotatable bonds is 6. The Balaban J connectivity index is 1.44. The lowest BCUT2D eigenvalue weighted by Crippen LogP contribution is -2.25. The maximum Gasteiger partial charge on any atom is 0.171 e. The van der Waals surface area contributed by atoms with Gasteiger partial charge < -0.3 is 4.57 Å². The van der Waals surface area contributed by atoms with Crippen LogP contribution in [0.15, 0.2) is 164 Å². The molecule has 182 valence electrons. The zero-order chi connectivity index (χ0) is 25.8. The second-order valence-electron chi connectivity index (χ2n) is 9.35. The first-order chi connectivity index (χ1) is 18.7. The van der Waals surface area contributed by atoms with E-state index >= 15 is 4.57 Å². The lowest BCUT2D eigenvalue weighted by Gasteiger charge is -2.21. The summed E-state index contributed by atoms with van der Waals surface area (Å²) in [5.41, 5.74) is 6.77. The maximum atomic E-state index is 15.2. The molecule has 0 radical (unpaired) electrons. The molecule has 6 rings (SSSR count). The van der Waals surface area contributed by atoms with Gasteiger partial charge in [-0.15, -0.1) is 0 Å². The van der Waals surface area contributed by atoms with Gasteiger partial charge in [-0.25, -0.2) is 0 Å². The van der Waals surface area contributed by atoms with E-state index in [0.717, 1.165) is 49.3 Å². The highest BCUT2D eigenvalue weighted by Crippen LogP contribution is 2.43. The fraction of sp³-hybridized carbons (Fsp3) is 0. The monoisotopic (exact) mass is 506 g/mol. The molecule has 0 saturated heterocycles. The molecule has 6 aromatic carbocycles. The molecule has 6 aromatic rings. The second-order valence-corrected chi connectivity index (χ2v) is 12.1. The second kappa shape index (κ2) is 10.5. The molecule has 0 spiro atoms. The Morgan fingerprint density at radius 1 is 0.263 bits per heavy atom. The van der Waals surface area contributed by atoms with Crippen LogP contribution >= 0.6 is 7.14 Å². The third-order valence-electron chi connectivity index (χ3n) is 7.01. The van der Waals surface area contributed by atoms with Crippen molar-refractivity contribution in [3.05, 3.63) is 164 Å². The Morgan fingerprint density at radius 3 is 0.711 bits per heavy atom. The van der Waals surface area contributed by atoms with E-state index in [1.165, 1.54) is 0 Å². The van der Waals surface area contributed by atoms with E-state index in [9.17, 15) is 0 Å². The van der Waals surface area contributed by atoms with Crippen LogP contribution in [0.2, 0.25) is 0 Å². The first kappa shape index (κ1) is 23.9. The summed E-state index contributed by atoms with van der Waals surface area (Å²) in [4.78, 5) is 0. The normalized spacial score (nSPS) is 11.3. The van der Waals surface area contributed by atoms with Crippen LogP contribution in [0.1, 0.15) is 0 Å². The summed E-state index contributed by atoms with van der Waals surface area (Å²) in [6.07, 6.45) is 0. The quantitative estimate of drug-likeness (QED) is 0.208. The summed E-state index contributed by atoms with van der Waals surface area (Å²) in [5, 5.41) is 2.49. The Bertz CT molecular complexity index is 1470. The van der Waals surface area contributed by atoms with Crippen molar-refractivity contribution >= 4 is 23.1 Å². The SMILES string of the molecule is O=P(c1ccc(-c2ccccc2)cc1)(c1ccc(-c2ccccc2)cc1)c1ccc(-c2ccccc2)cc1. The predicted molar refractivity (Wildman–Crippen MR) is 162 cm³/mol. The Kier molecular flexibility index (Phi) is 6.61. The van der Waals surface area contributed by atoms with Gasteiger partial charge in [0, 0.05) is 15.9 Å². The van der Waals surface area contributed by atoms with Gasteiger partial charge in [0.1, 0.15) is 0 Å². The third kappa shape index (κ3) is 4.65. The number of benzene rings is 6. The summed E-state index contributed by atoms with van der Waals surface area (Å²) < 4.78 is 15.2. The smallest absolute Gasteiger partial charge is 0.171 e. The van der Waals surface area contributed by atoms with Crippen LogP contribution in [-0.4, -0.2) is 0 Å². The van der Waals surface area contributed by atoms with Gasteiger partial charge in [0.15, 0.2) is 7.14 Å². The minimum Gasteiger partial charge on any atom is -0.309 e. The van der Waals surface area contributed by atoms with E-state index in [-0.39, 0.29) is 0 Å². The minimum atomic E-state index is -3.11. The van der Waals surface area contributed by atoms with E-state index in [1.54, 1.807) is 0 Å². The van der Waals surface area contributed by atoms with Gasteiger partial charge in [-0.05, 0) is 33.4 Å². The van der Waals surface area contributed by atoms with Gasteiger partial charge in [0.2, 0.25) is 0 Å². The average Bonchev–Trinajstić information content (AvgIpc) is 3.02. The molecule has 0 bridgehead atoms. The standard InChI is InChI=1S/C36H27OP/c37-38(34-22-16-31(17-23-34)28-10-4-1-5-11-28,35-24-18-32(19-25-35)29-12-6-2-7-13-29)36-26-20-33(21-27-36)30-14-8-3-9-15-30/h1-27H. The van der Waals surface area contributed by atoms with Crippen molar-refractivity contribution in [2.75, 3.05) is 0 Å². The van der Waals surface area contributed by atoms with Crippen molar-refractivity contribution in [3.8, 4) is 33.4 Å². The van der Waals surface area contributed by atoms with E-state index in [1.807, 2.05) is 91.0 Å². The molecule has 0 fully saturated rings. The molecule has 0 aliphatic heterocycles. The highest BCUT2D eigenvalue weighted by Gasteiger charge is 2.30. The topological polar surface area (TPSA) is 17.1 Å². The fourth-order valence-electron chi connectivity index (χ4n) is 4.93. The molecule has 2 heteroatoms. The lowest BCUT2D eigenvalue weighted by atomic mass is 10.1. The lowest BCUT2D eigenvalue weighted by molar-refractivity contribution is 0.592. The molecule has 38 heavy (non-hydrogen) atoms. The first-order valence-corrected chi connectivity index (χ1v) is 14.5. The highest BCUT2D eigenvalue weighted by molar-refractivity contribution is 7.85. The van der Waals surface area contributed by atoms with Gasteiger partial charge in [-0.1, -0.05) is 164 Å². The van der Waals surface area contributed by atoms with Crippen molar-refractivity contribution in [2.24, 2.45) is 0 Å². The summed E-state index contributed by atoms with van der Waals surface area (Å²) in [5.74, 6) is 0. The van der Waals surface area contributed by atoms with Gasteiger partial charge >= 0.3 is 0 Å². The van der Waals surface area contributed by atoms with E-state index in [0.29, 0.717) is 0 Å². The summed E-state index contributed by atoms with van der Waals surface area (Å²) >= 11 is 0. The Hall–Kier alpha value is -4.45. The van der Waals surface area contributed by atoms with Crippen molar-refractivity contribution in [2.45, 2.75) is 0 Å². The molecular formula is C36H27OP. The van der Waals surface area contributed by atoms with E-state index in [2.05, 4.69) is 72.8 Å². The van der Waals surface area contributed by atoms with Crippen LogP contribution < -0.4 is 15.9 Å². The summed E-state index contributed by atoms with van der Waals surface area (Å²) in [7, 11) is -3.11. The third-order valence-corrected chi connectivity index (χ3v) is 10.1. The van der Waals surface area contributed by atoms with Gasteiger partial charge in [0.05, 0.1) is 0 Å². The Labute approximate surface area is 224 Å². The van der Waals surface area contributed by atoms with E-state index < -0.39 is 7.14 Å². The van der Waals surface area contributed by atoms with Crippen LogP contribution in [0.25, 0.3) is 33.4 Å². The molecule has 0 saturated carbocycles. The molecule has 0 unspecified atom stereocenters. The zero-order valence-corrected chi connectivity index (χ0v) is 21.8. The van der Waals surface area contributed by atoms with Gasteiger partial charge in [-0.3, -0.25) is 0 Å². The van der Waals surface area contributed by atoms with Crippen molar-refractivity contribution < 1.29 is 4.57 Å². The molecule has 0 N–H and O–H groups in total. The zero-order valence-electron chi connectivity index (χ0n) is 20.9. The van der Waals surface area contributed by atoms with Crippen LogP contribution in [0.4, 0.5) is 0 Å². The molecule has 0 aliphatic rings. The molecule has 0 atom stereocenters. The average molecular weight is 507 g/mol. The maximum absolute atomic E-state index is 15.2. The Morgan fingerprint density at radius 2 is 0.474 bits per heavy atom. The van der Waals surface area contributed by atoms with Crippen LogP contribution in [0, 0.1) is 0 Å². The van der Waals surface area contributed by atoms with Crippen LogP contribution in [0.5, 0.6) is 0 Å². The largest absolute Gasteiger partial charge is 0.309 e. The first-order valence-electron chi connectivity index (χ1n) is 12.8. The highest BCUT2D eigenvalue weighted by atomic mass is 31.2. The molecule has 0 amide bonds. The summed E-state index contributed by atoms with van der Waals surface area (Å²) in [6, 6.07) is 55.5. The molecular weight excluding hydrogens is 479 g/mol. The number of hydrogen-bond donors (Lipinski definition) is 0. The van der Waals surface area contributed by atoms with Crippen molar-refractivity contribution in [3.63, 3.8) is 0 Å². The molecule has 0 aliphatic carbocycles. The molecule has 1 nitrogen and oxygen atoms in total.